The summed E-state index contributed by atoms with van der Waals surface area (Å²) in [6, 6.07) is -2.76. The van der Waals surface area contributed by atoms with Gasteiger partial charge in [0.2, 0.25) is 0 Å². The number of hydrogen-bond acceptors (Lipinski definition) is 2. The van der Waals surface area contributed by atoms with Crippen LogP contribution >= 0.6 is 33.2 Å². The maximum absolute atomic E-state index is 5.83. The van der Waals surface area contributed by atoms with Gasteiger partial charge in [0, 0.05) is 6.61 Å². The molecule has 2 atom stereocenters. The van der Waals surface area contributed by atoms with E-state index in [1.54, 1.807) is 0 Å². The molecular formula is C6H11Cl3O2Si. The van der Waals surface area contributed by atoms with Crippen molar-refractivity contribution in [1.82, 2.24) is 0 Å². The van der Waals surface area contributed by atoms with Gasteiger partial charge in [-0.1, -0.05) is 6.92 Å². The maximum atomic E-state index is 5.83. The van der Waals surface area contributed by atoms with Gasteiger partial charge in [-0.2, -0.15) is 0 Å². The molecule has 72 valence electrons. The largest absolute Gasteiger partial charge is 0.375 e. The molecule has 0 aromatic carbocycles. The van der Waals surface area contributed by atoms with E-state index in [0.29, 0.717) is 13.2 Å². The fourth-order valence-corrected chi connectivity index (χ4v) is 3.64. The van der Waals surface area contributed by atoms with Gasteiger partial charge < -0.3 is 9.47 Å². The average Bonchev–Trinajstić information content (AvgIpc) is 2.69. The lowest BCUT2D eigenvalue weighted by atomic mass is 10.5. The highest BCUT2D eigenvalue weighted by atomic mass is 35.8. The van der Waals surface area contributed by atoms with Crippen molar-refractivity contribution >= 4 is 39.2 Å². The summed E-state index contributed by atoms with van der Waals surface area (Å²) < 4.78 is 10.5. The van der Waals surface area contributed by atoms with E-state index in [2.05, 4.69) is 0 Å². The highest BCUT2D eigenvalue weighted by Crippen LogP contribution is 2.33. The van der Waals surface area contributed by atoms with Crippen molar-refractivity contribution in [1.29, 1.82) is 0 Å². The molecule has 2 unspecified atom stereocenters. The summed E-state index contributed by atoms with van der Waals surface area (Å²) in [5, 5.41) is 0. The van der Waals surface area contributed by atoms with Crippen LogP contribution in [-0.4, -0.2) is 31.0 Å². The van der Waals surface area contributed by atoms with Crippen LogP contribution < -0.4 is 0 Å². The first-order valence-electron chi connectivity index (χ1n) is 3.85. The number of ether oxygens (including phenoxy) is 2. The monoisotopic (exact) mass is 248 g/mol. The Morgan fingerprint density at radius 2 is 2.17 bits per heavy atom. The molecule has 0 N–H and O–H groups in total. The summed E-state index contributed by atoms with van der Waals surface area (Å²) in [7, 11) is 0. The minimum Gasteiger partial charge on any atom is -0.375 e. The standard InChI is InChI=1S/C6H11Cl3O2Si/c1-2-3-10-6(5-4-11-5)12(7,8)9/h5-6H,2-4H2,1H3. The molecular weight excluding hydrogens is 239 g/mol. The molecule has 12 heavy (non-hydrogen) atoms. The van der Waals surface area contributed by atoms with Crippen LogP contribution in [0.2, 0.25) is 0 Å². The third-order valence-corrected chi connectivity index (χ3v) is 4.64. The van der Waals surface area contributed by atoms with E-state index in [4.69, 9.17) is 42.7 Å². The first kappa shape index (κ1) is 11.1. The summed E-state index contributed by atoms with van der Waals surface area (Å²) in [5.41, 5.74) is -0.289. The molecule has 6 heteroatoms. The summed E-state index contributed by atoms with van der Waals surface area (Å²) in [4.78, 5) is 0. The molecule has 1 saturated heterocycles. The molecule has 1 aliphatic rings. The number of rotatable bonds is 5. The van der Waals surface area contributed by atoms with Gasteiger partial charge in [-0.05, 0) is 6.42 Å². The van der Waals surface area contributed by atoms with Crippen LogP contribution in [0.25, 0.3) is 0 Å². The predicted octanol–water partition coefficient (Wildman–Crippen LogP) is 2.37. The molecule has 1 aliphatic heterocycles. The van der Waals surface area contributed by atoms with E-state index in [9.17, 15) is 0 Å². The first-order chi connectivity index (χ1) is 5.55. The normalized spacial score (nSPS) is 25.5. The van der Waals surface area contributed by atoms with Gasteiger partial charge >= 0.3 is 6.00 Å². The minimum absolute atomic E-state index is 0.0238. The Labute approximate surface area is 87.2 Å². The molecule has 0 aromatic rings. The zero-order chi connectivity index (χ0) is 9.19. The van der Waals surface area contributed by atoms with Crippen molar-refractivity contribution in [2.24, 2.45) is 0 Å². The van der Waals surface area contributed by atoms with E-state index in [1.807, 2.05) is 6.92 Å². The molecule has 0 aliphatic carbocycles. The van der Waals surface area contributed by atoms with E-state index >= 15 is 0 Å². The van der Waals surface area contributed by atoms with Gasteiger partial charge in [-0.3, -0.25) is 0 Å². The molecule has 1 rings (SSSR count). The smallest absolute Gasteiger partial charge is 0.371 e. The van der Waals surface area contributed by atoms with Crippen molar-refractivity contribution in [2.45, 2.75) is 25.2 Å². The molecule has 1 heterocycles. The van der Waals surface area contributed by atoms with Crippen LogP contribution in [0.15, 0.2) is 0 Å². The molecule has 0 radical (unpaired) electrons. The van der Waals surface area contributed by atoms with Gasteiger partial charge in [-0.25, -0.2) is 0 Å². The molecule has 0 bridgehead atoms. The van der Waals surface area contributed by atoms with Crippen LogP contribution in [0.1, 0.15) is 13.3 Å². The summed E-state index contributed by atoms with van der Waals surface area (Å²) in [6.45, 7) is 3.31. The molecule has 2 nitrogen and oxygen atoms in total. The second-order valence-corrected chi connectivity index (χ2v) is 11.5. The van der Waals surface area contributed by atoms with E-state index in [-0.39, 0.29) is 11.8 Å². The van der Waals surface area contributed by atoms with Crippen molar-refractivity contribution in [3.05, 3.63) is 0 Å². The predicted molar refractivity (Wildman–Crippen MR) is 53.1 cm³/mol. The third kappa shape index (κ3) is 3.40. The van der Waals surface area contributed by atoms with Gasteiger partial charge in [0.1, 0.15) is 11.8 Å². The molecule has 0 aromatic heterocycles. The van der Waals surface area contributed by atoms with Gasteiger partial charge in [0.15, 0.2) is 0 Å². The van der Waals surface area contributed by atoms with Crippen LogP contribution in [-0.2, 0) is 9.47 Å². The highest BCUT2D eigenvalue weighted by molar-refractivity contribution is 7.65. The van der Waals surface area contributed by atoms with E-state index in [0.717, 1.165) is 6.42 Å². The van der Waals surface area contributed by atoms with Crippen molar-refractivity contribution < 1.29 is 9.47 Å². The average molecular weight is 250 g/mol. The lowest BCUT2D eigenvalue weighted by Crippen LogP contribution is -2.39. The number of epoxide rings is 1. The SMILES string of the molecule is CCCOC(C1CO1)[Si](Cl)(Cl)Cl. The third-order valence-electron chi connectivity index (χ3n) is 1.52. The Morgan fingerprint density at radius 1 is 1.58 bits per heavy atom. The lowest BCUT2D eigenvalue weighted by Gasteiger charge is -2.20. The summed E-state index contributed by atoms with van der Waals surface area (Å²) >= 11 is 17.5. The molecule has 0 spiro atoms. The Hall–Kier alpha value is 1.01. The van der Waals surface area contributed by atoms with Gasteiger partial charge in [0.05, 0.1) is 6.61 Å². The van der Waals surface area contributed by atoms with Gasteiger partial charge in [0.25, 0.3) is 0 Å². The zero-order valence-electron chi connectivity index (χ0n) is 6.73. The van der Waals surface area contributed by atoms with Crippen LogP contribution in [0, 0.1) is 0 Å². The van der Waals surface area contributed by atoms with Crippen LogP contribution in [0.4, 0.5) is 0 Å². The second kappa shape index (κ2) is 4.49. The van der Waals surface area contributed by atoms with Crippen molar-refractivity contribution in [2.75, 3.05) is 13.2 Å². The van der Waals surface area contributed by atoms with Gasteiger partial charge in [-0.15, -0.1) is 33.2 Å². The Balaban J connectivity index is 2.38. The Morgan fingerprint density at radius 3 is 2.50 bits per heavy atom. The highest BCUT2D eigenvalue weighted by Gasteiger charge is 2.48. The fraction of sp³-hybridized carbons (Fsp3) is 1.00. The van der Waals surface area contributed by atoms with E-state index < -0.39 is 6.00 Å². The summed E-state index contributed by atoms with van der Waals surface area (Å²) in [6.07, 6.45) is 0.953. The minimum atomic E-state index is -2.76. The van der Waals surface area contributed by atoms with Crippen molar-refractivity contribution in [3.8, 4) is 0 Å². The van der Waals surface area contributed by atoms with Crippen LogP contribution in [0.3, 0.4) is 0 Å². The zero-order valence-corrected chi connectivity index (χ0v) is 9.99. The molecule has 0 amide bonds. The first-order valence-corrected chi connectivity index (χ1v) is 8.97. The van der Waals surface area contributed by atoms with E-state index in [1.165, 1.54) is 0 Å². The summed E-state index contributed by atoms with van der Waals surface area (Å²) in [5.74, 6) is 0. The Kier molecular flexibility index (Phi) is 4.14. The fourth-order valence-electron chi connectivity index (χ4n) is 0.888. The molecule has 1 fully saturated rings. The molecule has 0 saturated carbocycles. The second-order valence-electron chi connectivity index (χ2n) is 2.70. The quantitative estimate of drug-likeness (QED) is 0.424. The Bertz CT molecular complexity index is 146. The topological polar surface area (TPSA) is 21.8 Å². The number of hydrogen-bond donors (Lipinski definition) is 0. The van der Waals surface area contributed by atoms with Crippen molar-refractivity contribution in [3.63, 3.8) is 0 Å². The number of halogens is 3. The maximum Gasteiger partial charge on any atom is 0.371 e. The van der Waals surface area contributed by atoms with Crippen LogP contribution in [0.5, 0.6) is 0 Å². The lowest BCUT2D eigenvalue weighted by molar-refractivity contribution is 0.0839.